The molecule has 1 N–H and O–H groups in total. The van der Waals surface area contributed by atoms with Gasteiger partial charge in [0.05, 0.1) is 0 Å². The number of amides is 1. The Morgan fingerprint density at radius 3 is 2.88 bits per heavy atom. The zero-order valence-electron chi connectivity index (χ0n) is 14.9. The summed E-state index contributed by atoms with van der Waals surface area (Å²) in [7, 11) is 0. The summed E-state index contributed by atoms with van der Waals surface area (Å²) in [4.78, 5) is 12.0. The maximum atomic E-state index is 12.0. The van der Waals surface area contributed by atoms with Gasteiger partial charge in [0, 0.05) is 17.2 Å². The molecule has 1 aliphatic carbocycles. The van der Waals surface area contributed by atoms with Crippen molar-refractivity contribution in [3.8, 4) is 0 Å². The average molecular weight is 344 g/mol. The van der Waals surface area contributed by atoms with Crippen LogP contribution in [0, 0.1) is 5.92 Å². The van der Waals surface area contributed by atoms with E-state index in [1.807, 2.05) is 11.3 Å². The van der Waals surface area contributed by atoms with E-state index < -0.39 is 0 Å². The first-order chi connectivity index (χ1) is 11.7. The molecule has 2 atom stereocenters. The Bertz CT molecular complexity index is 690. The topological polar surface area (TPSA) is 29.1 Å². The first-order valence-electron chi connectivity index (χ1n) is 9.49. The van der Waals surface area contributed by atoms with Crippen LogP contribution in [0.25, 0.3) is 10.1 Å². The van der Waals surface area contributed by atoms with Crippen LogP contribution < -0.4 is 5.32 Å². The highest BCUT2D eigenvalue weighted by Gasteiger charge is 2.27. The van der Waals surface area contributed by atoms with Crippen LogP contribution in [0.2, 0.25) is 0 Å². The molecule has 1 aromatic heterocycles. The van der Waals surface area contributed by atoms with E-state index in [-0.39, 0.29) is 5.91 Å². The van der Waals surface area contributed by atoms with Crippen molar-refractivity contribution in [2.75, 3.05) is 0 Å². The van der Waals surface area contributed by atoms with Gasteiger partial charge in [0.2, 0.25) is 5.91 Å². The molecule has 0 aliphatic heterocycles. The molecule has 2 aromatic rings. The molecule has 1 saturated carbocycles. The van der Waals surface area contributed by atoms with Crippen LogP contribution in [-0.4, -0.2) is 11.9 Å². The van der Waals surface area contributed by atoms with Crippen molar-refractivity contribution in [1.82, 2.24) is 5.32 Å². The van der Waals surface area contributed by atoms with E-state index >= 15 is 0 Å². The van der Waals surface area contributed by atoms with E-state index in [2.05, 4.69) is 42.7 Å². The molecule has 0 saturated heterocycles. The molecule has 1 fully saturated rings. The van der Waals surface area contributed by atoms with Crippen LogP contribution in [0.5, 0.6) is 0 Å². The lowest BCUT2D eigenvalue weighted by atomic mass is 9.80. The Hall–Kier alpha value is -1.35. The first-order valence-corrected chi connectivity index (χ1v) is 10.4. The quantitative estimate of drug-likeness (QED) is 0.739. The highest BCUT2D eigenvalue weighted by Crippen LogP contribution is 2.33. The van der Waals surface area contributed by atoms with Gasteiger partial charge in [0.25, 0.3) is 0 Å². The predicted octanol–water partition coefficient (Wildman–Crippen LogP) is 5.48. The van der Waals surface area contributed by atoms with Crippen molar-refractivity contribution in [2.45, 2.75) is 71.3 Å². The molecule has 1 aromatic carbocycles. The molecule has 130 valence electrons. The van der Waals surface area contributed by atoms with E-state index in [0.717, 1.165) is 25.7 Å². The number of hydrogen-bond acceptors (Lipinski definition) is 2. The van der Waals surface area contributed by atoms with Crippen molar-refractivity contribution in [3.05, 3.63) is 34.7 Å². The minimum absolute atomic E-state index is 0.234. The summed E-state index contributed by atoms with van der Waals surface area (Å²) in [5.41, 5.74) is 2.89. The third-order valence-electron chi connectivity index (χ3n) is 5.34. The standard InChI is InChI=1S/C21H29NOS/c1-3-7-21(23)22-19-9-6-5-8-16(19)13-17-14-24-20-11-10-15(4-2)12-18(17)20/h10-12,14,16,19H,3-9,13H2,1-2H3,(H,22,23). The fourth-order valence-electron chi connectivity index (χ4n) is 3.94. The van der Waals surface area contributed by atoms with Gasteiger partial charge in [0.15, 0.2) is 0 Å². The SMILES string of the molecule is CCCC(=O)NC1CCCCC1Cc1csc2ccc(CC)cc12. The molecule has 1 amide bonds. The molecule has 2 unspecified atom stereocenters. The van der Waals surface area contributed by atoms with Crippen LogP contribution in [0.15, 0.2) is 23.6 Å². The zero-order chi connectivity index (χ0) is 16.9. The maximum absolute atomic E-state index is 12.0. The smallest absolute Gasteiger partial charge is 0.220 e. The molecule has 0 radical (unpaired) electrons. The molecular weight excluding hydrogens is 314 g/mol. The van der Waals surface area contributed by atoms with Crippen LogP contribution in [0.4, 0.5) is 0 Å². The van der Waals surface area contributed by atoms with Gasteiger partial charge in [0.1, 0.15) is 0 Å². The van der Waals surface area contributed by atoms with Crippen LogP contribution in [-0.2, 0) is 17.6 Å². The normalized spacial score (nSPS) is 21.1. The fraction of sp³-hybridized carbons (Fsp3) is 0.571. The maximum Gasteiger partial charge on any atom is 0.220 e. The Kier molecular flexibility index (Phi) is 5.94. The highest BCUT2D eigenvalue weighted by atomic mass is 32.1. The van der Waals surface area contributed by atoms with Gasteiger partial charge >= 0.3 is 0 Å². The zero-order valence-corrected chi connectivity index (χ0v) is 15.8. The number of rotatable bonds is 6. The molecule has 24 heavy (non-hydrogen) atoms. The minimum atomic E-state index is 0.234. The minimum Gasteiger partial charge on any atom is -0.353 e. The lowest BCUT2D eigenvalue weighted by Crippen LogP contribution is -2.42. The summed E-state index contributed by atoms with van der Waals surface area (Å²) in [6.07, 6.45) is 8.70. The summed E-state index contributed by atoms with van der Waals surface area (Å²) < 4.78 is 1.39. The Morgan fingerprint density at radius 1 is 1.25 bits per heavy atom. The van der Waals surface area contributed by atoms with E-state index in [1.54, 1.807) is 0 Å². The molecule has 1 aliphatic rings. The van der Waals surface area contributed by atoms with Gasteiger partial charge < -0.3 is 5.32 Å². The summed E-state index contributed by atoms with van der Waals surface area (Å²) in [6, 6.07) is 7.25. The molecule has 1 heterocycles. The highest BCUT2D eigenvalue weighted by molar-refractivity contribution is 7.17. The molecular formula is C21H29NOS. The van der Waals surface area contributed by atoms with Gasteiger partial charge in [-0.1, -0.05) is 38.8 Å². The van der Waals surface area contributed by atoms with E-state index in [9.17, 15) is 4.79 Å². The number of aryl methyl sites for hydroxylation is 1. The molecule has 0 spiro atoms. The third kappa shape index (κ3) is 4.00. The fourth-order valence-corrected chi connectivity index (χ4v) is 4.89. The summed E-state index contributed by atoms with van der Waals surface area (Å²) in [5, 5.41) is 7.09. The number of hydrogen-bond donors (Lipinski definition) is 1. The van der Waals surface area contributed by atoms with Crippen molar-refractivity contribution >= 4 is 27.3 Å². The number of thiophene rings is 1. The Balaban J connectivity index is 1.76. The van der Waals surface area contributed by atoms with E-state index in [4.69, 9.17) is 0 Å². The van der Waals surface area contributed by atoms with Gasteiger partial charge in [-0.15, -0.1) is 11.3 Å². The van der Waals surface area contributed by atoms with E-state index in [1.165, 1.54) is 40.5 Å². The van der Waals surface area contributed by atoms with Gasteiger partial charge in [-0.05, 0) is 66.0 Å². The molecule has 0 bridgehead atoms. The summed E-state index contributed by atoms with van der Waals surface area (Å²) >= 11 is 1.86. The number of carbonyl (C=O) groups is 1. The molecule has 3 heteroatoms. The van der Waals surface area contributed by atoms with Crippen LogP contribution in [0.3, 0.4) is 0 Å². The monoisotopic (exact) mass is 343 g/mol. The number of fused-ring (bicyclic) bond motifs is 1. The Morgan fingerprint density at radius 2 is 2.08 bits per heavy atom. The van der Waals surface area contributed by atoms with Crippen LogP contribution in [0.1, 0.15) is 63.5 Å². The number of benzene rings is 1. The van der Waals surface area contributed by atoms with Crippen molar-refractivity contribution < 1.29 is 4.79 Å². The van der Waals surface area contributed by atoms with E-state index in [0.29, 0.717) is 18.4 Å². The summed E-state index contributed by atoms with van der Waals surface area (Å²) in [5.74, 6) is 0.820. The summed E-state index contributed by atoms with van der Waals surface area (Å²) in [6.45, 7) is 4.29. The molecule has 3 rings (SSSR count). The number of nitrogens with one attached hydrogen (secondary N) is 1. The number of carbonyl (C=O) groups excluding carboxylic acids is 1. The average Bonchev–Trinajstić information content (AvgIpc) is 2.99. The second-order valence-corrected chi connectivity index (χ2v) is 8.03. The first kappa shape index (κ1) is 17.5. The largest absolute Gasteiger partial charge is 0.353 e. The van der Waals surface area contributed by atoms with Crippen molar-refractivity contribution in [2.24, 2.45) is 5.92 Å². The van der Waals surface area contributed by atoms with Gasteiger partial charge in [-0.3, -0.25) is 4.79 Å². The predicted molar refractivity (Wildman–Crippen MR) is 104 cm³/mol. The third-order valence-corrected chi connectivity index (χ3v) is 6.35. The second kappa shape index (κ2) is 8.15. The Labute approximate surface area is 149 Å². The van der Waals surface area contributed by atoms with Crippen molar-refractivity contribution in [1.29, 1.82) is 0 Å². The van der Waals surface area contributed by atoms with Gasteiger partial charge in [-0.25, -0.2) is 0 Å². The van der Waals surface area contributed by atoms with Gasteiger partial charge in [-0.2, -0.15) is 0 Å². The molecule has 2 nitrogen and oxygen atoms in total. The second-order valence-electron chi connectivity index (χ2n) is 7.12. The van der Waals surface area contributed by atoms with Crippen LogP contribution >= 0.6 is 11.3 Å². The lowest BCUT2D eigenvalue weighted by molar-refractivity contribution is -0.122. The van der Waals surface area contributed by atoms with Crippen molar-refractivity contribution in [3.63, 3.8) is 0 Å². The lowest BCUT2D eigenvalue weighted by Gasteiger charge is -2.32.